The van der Waals surface area contributed by atoms with Gasteiger partial charge in [-0.25, -0.2) is 8.42 Å². The van der Waals surface area contributed by atoms with Gasteiger partial charge in [-0.05, 0) is 66.3 Å². The number of carbonyl (C=O) groups excluding carboxylic acids is 2. The lowest BCUT2D eigenvalue weighted by Crippen LogP contribution is -2.52. The van der Waals surface area contributed by atoms with Crippen molar-refractivity contribution >= 4 is 39.1 Å². The van der Waals surface area contributed by atoms with Crippen molar-refractivity contribution in [2.75, 3.05) is 17.4 Å². The Balaban J connectivity index is 2.04. The molecule has 3 rings (SSSR count). The standard InChI is InChI=1S/C31H38ClN3O4S/c1-5-20-33-31(37)29(6-2)34(21-24-12-16-26(32)17-13-24)30(36)22-35(27-18-14-25(15-19-27)23(3)4)40(38,39)28-10-8-7-9-11-28/h7-19,23,29H,5-6,20-22H2,1-4H3,(H,33,37)/t29-/m1/s1. The van der Waals surface area contributed by atoms with E-state index >= 15 is 0 Å². The first-order chi connectivity index (χ1) is 19.1. The molecule has 0 saturated carbocycles. The number of hydrogen-bond acceptors (Lipinski definition) is 4. The van der Waals surface area contributed by atoms with E-state index in [-0.39, 0.29) is 23.3 Å². The van der Waals surface area contributed by atoms with Crippen molar-refractivity contribution in [2.45, 2.75) is 63.9 Å². The highest BCUT2D eigenvalue weighted by Gasteiger charge is 2.33. The second-order valence-corrected chi connectivity index (χ2v) is 12.2. The van der Waals surface area contributed by atoms with E-state index in [2.05, 4.69) is 19.2 Å². The Hall–Kier alpha value is -3.36. The Kier molecular flexibility index (Phi) is 11.2. The first-order valence-corrected chi connectivity index (χ1v) is 15.4. The minimum atomic E-state index is -4.09. The fraction of sp³-hybridized carbons (Fsp3) is 0.355. The van der Waals surface area contributed by atoms with Gasteiger partial charge in [-0.2, -0.15) is 0 Å². The highest BCUT2D eigenvalue weighted by Crippen LogP contribution is 2.27. The molecule has 0 aliphatic heterocycles. The van der Waals surface area contributed by atoms with E-state index in [4.69, 9.17) is 11.6 Å². The van der Waals surface area contributed by atoms with Crippen LogP contribution in [0.4, 0.5) is 5.69 Å². The van der Waals surface area contributed by atoms with Crippen LogP contribution in [0.3, 0.4) is 0 Å². The second kappa shape index (κ2) is 14.3. The zero-order valence-corrected chi connectivity index (χ0v) is 25.1. The molecule has 7 nitrogen and oxygen atoms in total. The van der Waals surface area contributed by atoms with Crippen LogP contribution in [0.2, 0.25) is 5.02 Å². The summed E-state index contributed by atoms with van der Waals surface area (Å²) in [6, 6.07) is 21.5. The van der Waals surface area contributed by atoms with E-state index in [1.807, 2.05) is 26.0 Å². The van der Waals surface area contributed by atoms with Crippen molar-refractivity contribution in [3.05, 3.63) is 95.0 Å². The predicted molar refractivity (Wildman–Crippen MR) is 161 cm³/mol. The van der Waals surface area contributed by atoms with Gasteiger partial charge < -0.3 is 10.2 Å². The lowest BCUT2D eigenvalue weighted by Gasteiger charge is -2.33. The molecule has 9 heteroatoms. The highest BCUT2D eigenvalue weighted by atomic mass is 35.5. The monoisotopic (exact) mass is 583 g/mol. The summed E-state index contributed by atoms with van der Waals surface area (Å²) in [6.07, 6.45) is 1.12. The van der Waals surface area contributed by atoms with Gasteiger partial charge in [0.1, 0.15) is 12.6 Å². The summed E-state index contributed by atoms with van der Waals surface area (Å²) in [4.78, 5) is 28.7. The molecule has 3 aromatic rings. The van der Waals surface area contributed by atoms with E-state index in [0.29, 0.717) is 23.7 Å². The van der Waals surface area contributed by atoms with Crippen molar-refractivity contribution in [1.29, 1.82) is 0 Å². The number of halogens is 1. The maximum Gasteiger partial charge on any atom is 0.264 e. The van der Waals surface area contributed by atoms with Gasteiger partial charge in [0, 0.05) is 18.1 Å². The molecule has 0 heterocycles. The molecule has 1 atom stereocenters. The average molecular weight is 584 g/mol. The fourth-order valence-corrected chi connectivity index (χ4v) is 5.91. The van der Waals surface area contributed by atoms with Crippen LogP contribution in [0.15, 0.2) is 83.8 Å². The number of nitrogens with zero attached hydrogens (tertiary/aromatic N) is 2. The Morgan fingerprint density at radius 1 is 0.900 bits per heavy atom. The normalized spacial score (nSPS) is 12.2. The molecule has 0 bridgehead atoms. The highest BCUT2D eigenvalue weighted by molar-refractivity contribution is 7.92. The summed E-state index contributed by atoms with van der Waals surface area (Å²) in [7, 11) is -4.09. The van der Waals surface area contributed by atoms with Crippen LogP contribution in [0, 0.1) is 0 Å². The lowest BCUT2D eigenvalue weighted by atomic mass is 10.0. The molecule has 0 aliphatic rings. The molecule has 3 aromatic carbocycles. The SMILES string of the molecule is CCCNC(=O)[C@@H](CC)N(Cc1ccc(Cl)cc1)C(=O)CN(c1ccc(C(C)C)cc1)S(=O)(=O)c1ccccc1. The third kappa shape index (κ3) is 7.86. The number of amides is 2. The number of benzene rings is 3. The largest absolute Gasteiger partial charge is 0.354 e. The van der Waals surface area contributed by atoms with Crippen LogP contribution in [-0.4, -0.2) is 44.3 Å². The molecular weight excluding hydrogens is 546 g/mol. The minimum absolute atomic E-state index is 0.0766. The number of rotatable bonds is 13. The first-order valence-electron chi connectivity index (χ1n) is 13.6. The lowest BCUT2D eigenvalue weighted by molar-refractivity contribution is -0.140. The van der Waals surface area contributed by atoms with E-state index < -0.39 is 28.5 Å². The van der Waals surface area contributed by atoms with Crippen molar-refractivity contribution in [3.8, 4) is 0 Å². The molecule has 0 fully saturated rings. The van der Waals surface area contributed by atoms with Gasteiger partial charge in [0.05, 0.1) is 10.6 Å². The summed E-state index contributed by atoms with van der Waals surface area (Å²) in [5.41, 5.74) is 2.20. The molecule has 214 valence electrons. The van der Waals surface area contributed by atoms with Crippen molar-refractivity contribution < 1.29 is 18.0 Å². The quantitative estimate of drug-likeness (QED) is 0.268. The molecular formula is C31H38ClN3O4S. The molecule has 0 aromatic heterocycles. The molecule has 0 unspecified atom stereocenters. The summed E-state index contributed by atoms with van der Waals surface area (Å²) in [5.74, 6) is -0.497. The smallest absolute Gasteiger partial charge is 0.264 e. The van der Waals surface area contributed by atoms with Crippen LogP contribution >= 0.6 is 11.6 Å². The average Bonchev–Trinajstić information content (AvgIpc) is 2.96. The van der Waals surface area contributed by atoms with Gasteiger partial charge in [0.25, 0.3) is 10.0 Å². The van der Waals surface area contributed by atoms with Crippen LogP contribution < -0.4 is 9.62 Å². The Morgan fingerprint density at radius 2 is 1.52 bits per heavy atom. The van der Waals surface area contributed by atoms with Crippen LogP contribution in [-0.2, 0) is 26.2 Å². The van der Waals surface area contributed by atoms with Crippen molar-refractivity contribution in [2.24, 2.45) is 0 Å². The number of anilines is 1. The molecule has 0 radical (unpaired) electrons. The maximum absolute atomic E-state index is 14.0. The van der Waals surface area contributed by atoms with Crippen LogP contribution in [0.25, 0.3) is 0 Å². The predicted octanol–water partition coefficient (Wildman–Crippen LogP) is 5.99. The van der Waals surface area contributed by atoms with E-state index in [0.717, 1.165) is 21.9 Å². The molecule has 0 saturated heterocycles. The number of hydrogen-bond donors (Lipinski definition) is 1. The van der Waals surface area contributed by atoms with Crippen LogP contribution in [0.1, 0.15) is 57.6 Å². The van der Waals surface area contributed by atoms with Gasteiger partial charge in [-0.15, -0.1) is 0 Å². The number of carbonyl (C=O) groups is 2. The van der Waals surface area contributed by atoms with Crippen molar-refractivity contribution in [3.63, 3.8) is 0 Å². The Labute approximate surface area is 243 Å². The first kappa shape index (κ1) is 31.2. The minimum Gasteiger partial charge on any atom is -0.354 e. The molecule has 0 spiro atoms. The van der Waals surface area contributed by atoms with Gasteiger partial charge in [-0.3, -0.25) is 13.9 Å². The number of nitrogens with one attached hydrogen (secondary N) is 1. The number of sulfonamides is 1. The summed E-state index contributed by atoms with van der Waals surface area (Å²) >= 11 is 6.07. The van der Waals surface area contributed by atoms with E-state index in [9.17, 15) is 18.0 Å². The molecule has 2 amide bonds. The Morgan fingerprint density at radius 3 is 2.08 bits per heavy atom. The second-order valence-electron chi connectivity index (χ2n) is 9.93. The third-order valence-electron chi connectivity index (χ3n) is 6.66. The summed E-state index contributed by atoms with van der Waals surface area (Å²) in [6.45, 7) is 8.04. The zero-order valence-electron chi connectivity index (χ0n) is 23.5. The maximum atomic E-state index is 14.0. The van der Waals surface area contributed by atoms with Gasteiger partial charge >= 0.3 is 0 Å². The van der Waals surface area contributed by atoms with E-state index in [1.165, 1.54) is 17.0 Å². The fourth-order valence-electron chi connectivity index (χ4n) is 4.35. The topological polar surface area (TPSA) is 86.8 Å². The van der Waals surface area contributed by atoms with Crippen LogP contribution in [0.5, 0.6) is 0 Å². The third-order valence-corrected chi connectivity index (χ3v) is 8.70. The molecule has 0 aliphatic carbocycles. The van der Waals surface area contributed by atoms with E-state index in [1.54, 1.807) is 54.6 Å². The van der Waals surface area contributed by atoms with Crippen molar-refractivity contribution in [1.82, 2.24) is 10.2 Å². The summed E-state index contributed by atoms with van der Waals surface area (Å²) < 4.78 is 28.9. The van der Waals surface area contributed by atoms with Gasteiger partial charge in [-0.1, -0.05) is 81.8 Å². The molecule has 40 heavy (non-hydrogen) atoms. The molecule has 1 N–H and O–H groups in total. The zero-order chi connectivity index (χ0) is 29.3. The van der Waals surface area contributed by atoms with Gasteiger partial charge in [0.2, 0.25) is 11.8 Å². The Bertz CT molecular complexity index is 1360. The van der Waals surface area contributed by atoms with Gasteiger partial charge in [0.15, 0.2) is 0 Å². The summed E-state index contributed by atoms with van der Waals surface area (Å²) in [5, 5.41) is 3.44.